The minimum Gasteiger partial charge on any atom is -0.373 e. The summed E-state index contributed by atoms with van der Waals surface area (Å²) in [6, 6.07) is 0.594. The number of anilines is 2. The van der Waals surface area contributed by atoms with Gasteiger partial charge in [0.05, 0.1) is 0 Å². The first-order chi connectivity index (χ1) is 8.41. The van der Waals surface area contributed by atoms with Gasteiger partial charge in [-0.3, -0.25) is 0 Å². The van der Waals surface area contributed by atoms with Crippen LogP contribution < -0.4 is 10.6 Å². The Hall–Kier alpha value is -1.32. The molecule has 1 heterocycles. The van der Waals surface area contributed by atoms with Gasteiger partial charge < -0.3 is 10.6 Å². The Kier molecular flexibility index (Phi) is 3.46. The highest BCUT2D eigenvalue weighted by Crippen LogP contribution is 2.29. The van der Waals surface area contributed by atoms with Crippen LogP contribution in [0, 0.1) is 6.92 Å². The van der Waals surface area contributed by atoms with Crippen LogP contribution in [0.15, 0.2) is 0 Å². The van der Waals surface area contributed by atoms with E-state index in [1.165, 1.54) is 19.3 Å². The lowest BCUT2D eigenvalue weighted by Crippen LogP contribution is -2.29. The molecule has 0 bridgehead atoms. The molecule has 0 spiro atoms. The Morgan fingerprint density at radius 1 is 1.11 bits per heavy atom. The van der Waals surface area contributed by atoms with Crippen molar-refractivity contribution in [2.45, 2.75) is 58.4 Å². The average Bonchev–Trinajstić information content (AvgIpc) is 2.23. The molecule has 4 heteroatoms. The summed E-state index contributed by atoms with van der Waals surface area (Å²) in [4.78, 5) is 9.32. The molecule has 0 aliphatic heterocycles. The van der Waals surface area contributed by atoms with Crippen LogP contribution in [0.3, 0.4) is 0 Å². The minimum atomic E-state index is -0.0324. The number of hydrogen-bond acceptors (Lipinski definition) is 4. The molecular weight excluding hydrogens is 224 g/mol. The Balaban J connectivity index is 2.36. The van der Waals surface area contributed by atoms with Gasteiger partial charge >= 0.3 is 0 Å². The maximum absolute atomic E-state index is 4.71. The number of aromatic nitrogens is 2. The number of rotatable bonds is 3. The SMILES string of the molecule is CNc1nc(C(C)(C)C)nc(NC2CCC2)c1C. The van der Waals surface area contributed by atoms with Crippen LogP contribution in [0.2, 0.25) is 0 Å². The molecule has 1 fully saturated rings. The van der Waals surface area contributed by atoms with Gasteiger partial charge in [-0.15, -0.1) is 0 Å². The lowest BCUT2D eigenvalue weighted by Gasteiger charge is -2.29. The first kappa shape index (κ1) is 13.1. The molecular formula is C14H24N4. The van der Waals surface area contributed by atoms with Gasteiger partial charge in [0, 0.05) is 24.1 Å². The van der Waals surface area contributed by atoms with E-state index in [2.05, 4.69) is 43.3 Å². The Morgan fingerprint density at radius 2 is 1.72 bits per heavy atom. The lowest BCUT2D eigenvalue weighted by molar-refractivity contribution is 0.443. The van der Waals surface area contributed by atoms with E-state index in [0.29, 0.717) is 6.04 Å². The fourth-order valence-electron chi connectivity index (χ4n) is 1.98. The third-order valence-electron chi connectivity index (χ3n) is 3.50. The van der Waals surface area contributed by atoms with Crippen molar-refractivity contribution in [3.8, 4) is 0 Å². The highest BCUT2D eigenvalue weighted by atomic mass is 15.1. The second kappa shape index (κ2) is 4.75. The van der Waals surface area contributed by atoms with Crippen molar-refractivity contribution in [1.29, 1.82) is 0 Å². The van der Waals surface area contributed by atoms with Crippen molar-refractivity contribution >= 4 is 11.6 Å². The van der Waals surface area contributed by atoms with E-state index in [1.54, 1.807) is 0 Å². The third kappa shape index (κ3) is 2.57. The number of nitrogens with zero attached hydrogens (tertiary/aromatic N) is 2. The molecule has 0 unspecified atom stereocenters. The first-order valence-corrected chi connectivity index (χ1v) is 6.75. The molecule has 1 saturated carbocycles. The molecule has 1 aromatic rings. The van der Waals surface area contributed by atoms with Crippen molar-refractivity contribution < 1.29 is 0 Å². The zero-order chi connectivity index (χ0) is 13.3. The first-order valence-electron chi connectivity index (χ1n) is 6.75. The standard InChI is InChI=1S/C14H24N4/c1-9-11(15-5)17-13(14(2,3)4)18-12(9)16-10-7-6-8-10/h10H,6-8H2,1-5H3,(H2,15,16,17,18). The van der Waals surface area contributed by atoms with E-state index in [-0.39, 0.29) is 5.41 Å². The van der Waals surface area contributed by atoms with Crippen molar-refractivity contribution in [2.75, 3.05) is 17.7 Å². The molecule has 0 radical (unpaired) electrons. The molecule has 100 valence electrons. The van der Waals surface area contributed by atoms with Gasteiger partial charge in [-0.05, 0) is 26.2 Å². The molecule has 1 aliphatic carbocycles. The van der Waals surface area contributed by atoms with Gasteiger partial charge in [0.1, 0.15) is 17.5 Å². The average molecular weight is 248 g/mol. The molecule has 1 aliphatic rings. The summed E-state index contributed by atoms with van der Waals surface area (Å²) in [5, 5.41) is 6.71. The topological polar surface area (TPSA) is 49.8 Å². The van der Waals surface area contributed by atoms with Crippen molar-refractivity contribution in [1.82, 2.24) is 9.97 Å². The summed E-state index contributed by atoms with van der Waals surface area (Å²) in [7, 11) is 1.91. The fourth-order valence-corrected chi connectivity index (χ4v) is 1.98. The summed E-state index contributed by atoms with van der Waals surface area (Å²) < 4.78 is 0. The molecule has 0 amide bonds. The van der Waals surface area contributed by atoms with Gasteiger partial charge in [-0.25, -0.2) is 9.97 Å². The Bertz CT molecular complexity index is 430. The number of nitrogens with one attached hydrogen (secondary N) is 2. The second-order valence-corrected chi connectivity index (χ2v) is 6.14. The highest BCUT2D eigenvalue weighted by Gasteiger charge is 2.23. The smallest absolute Gasteiger partial charge is 0.138 e. The third-order valence-corrected chi connectivity index (χ3v) is 3.50. The van der Waals surface area contributed by atoms with Crippen molar-refractivity contribution in [3.05, 3.63) is 11.4 Å². The van der Waals surface area contributed by atoms with E-state index in [9.17, 15) is 0 Å². The molecule has 0 saturated heterocycles. The Labute approximate surface area is 110 Å². The van der Waals surface area contributed by atoms with Crippen LogP contribution in [-0.4, -0.2) is 23.1 Å². The van der Waals surface area contributed by atoms with Gasteiger partial charge in [0.2, 0.25) is 0 Å². The molecule has 1 aromatic heterocycles. The summed E-state index contributed by atoms with van der Waals surface area (Å²) in [5.41, 5.74) is 1.08. The van der Waals surface area contributed by atoms with Gasteiger partial charge in [0.25, 0.3) is 0 Å². The van der Waals surface area contributed by atoms with Gasteiger partial charge in [-0.1, -0.05) is 20.8 Å². The summed E-state index contributed by atoms with van der Waals surface area (Å²) in [6.45, 7) is 8.50. The molecule has 4 nitrogen and oxygen atoms in total. The summed E-state index contributed by atoms with van der Waals surface area (Å²) in [5.74, 6) is 2.81. The fraction of sp³-hybridized carbons (Fsp3) is 0.714. The van der Waals surface area contributed by atoms with Crippen LogP contribution in [-0.2, 0) is 5.41 Å². The van der Waals surface area contributed by atoms with Crippen LogP contribution in [0.4, 0.5) is 11.6 Å². The van der Waals surface area contributed by atoms with Crippen LogP contribution >= 0.6 is 0 Å². The maximum Gasteiger partial charge on any atom is 0.138 e. The maximum atomic E-state index is 4.71. The van der Waals surface area contributed by atoms with E-state index >= 15 is 0 Å². The zero-order valence-corrected chi connectivity index (χ0v) is 12.1. The van der Waals surface area contributed by atoms with Crippen molar-refractivity contribution in [2.24, 2.45) is 0 Å². The number of hydrogen-bond donors (Lipinski definition) is 2. The second-order valence-electron chi connectivity index (χ2n) is 6.14. The molecule has 0 aromatic carbocycles. The van der Waals surface area contributed by atoms with Crippen molar-refractivity contribution in [3.63, 3.8) is 0 Å². The zero-order valence-electron chi connectivity index (χ0n) is 12.1. The highest BCUT2D eigenvalue weighted by molar-refractivity contribution is 5.57. The van der Waals surface area contributed by atoms with E-state index in [1.807, 2.05) is 7.05 Å². The molecule has 18 heavy (non-hydrogen) atoms. The molecule has 2 N–H and O–H groups in total. The van der Waals surface area contributed by atoms with E-state index in [0.717, 1.165) is 23.0 Å². The van der Waals surface area contributed by atoms with Crippen LogP contribution in [0.1, 0.15) is 51.4 Å². The van der Waals surface area contributed by atoms with Gasteiger partial charge in [-0.2, -0.15) is 0 Å². The minimum absolute atomic E-state index is 0.0324. The quantitative estimate of drug-likeness (QED) is 0.863. The Morgan fingerprint density at radius 3 is 2.17 bits per heavy atom. The van der Waals surface area contributed by atoms with Crippen LogP contribution in [0.25, 0.3) is 0 Å². The normalized spacial score (nSPS) is 16.3. The summed E-state index contributed by atoms with van der Waals surface area (Å²) in [6.07, 6.45) is 3.83. The summed E-state index contributed by atoms with van der Waals surface area (Å²) >= 11 is 0. The molecule has 2 rings (SSSR count). The van der Waals surface area contributed by atoms with Gasteiger partial charge in [0.15, 0.2) is 0 Å². The monoisotopic (exact) mass is 248 g/mol. The molecule has 0 atom stereocenters. The predicted molar refractivity (Wildman–Crippen MR) is 76.3 cm³/mol. The van der Waals surface area contributed by atoms with E-state index < -0.39 is 0 Å². The lowest BCUT2D eigenvalue weighted by atomic mass is 9.93. The predicted octanol–water partition coefficient (Wildman–Crippen LogP) is 3.09. The van der Waals surface area contributed by atoms with E-state index in [4.69, 9.17) is 4.98 Å². The van der Waals surface area contributed by atoms with Crippen LogP contribution in [0.5, 0.6) is 0 Å². The largest absolute Gasteiger partial charge is 0.373 e.